The minimum atomic E-state index is -0.455. The lowest BCUT2D eigenvalue weighted by molar-refractivity contribution is -0.131. The van der Waals surface area contributed by atoms with Crippen molar-refractivity contribution < 1.29 is 13.9 Å². The van der Waals surface area contributed by atoms with E-state index < -0.39 is 5.82 Å². The van der Waals surface area contributed by atoms with Crippen molar-refractivity contribution in [3.8, 4) is 5.75 Å². The Bertz CT molecular complexity index is 716. The Hall–Kier alpha value is -2.44. The Morgan fingerprint density at radius 2 is 2.30 bits per heavy atom. The number of aryl methyl sites for hydroxylation is 1. The molecule has 1 saturated heterocycles. The van der Waals surface area contributed by atoms with Gasteiger partial charge in [-0.25, -0.2) is 4.39 Å². The second-order valence-electron chi connectivity index (χ2n) is 5.69. The number of amides is 1. The van der Waals surface area contributed by atoms with E-state index in [1.54, 1.807) is 18.5 Å². The number of methoxy groups -OCH3 is 1. The van der Waals surface area contributed by atoms with E-state index in [2.05, 4.69) is 10.2 Å². The van der Waals surface area contributed by atoms with E-state index in [0.29, 0.717) is 12.1 Å². The largest absolute Gasteiger partial charge is 0.494 e. The Labute approximate surface area is 133 Å². The topological polar surface area (TPSA) is 60.2 Å². The number of aromatic nitrogens is 3. The zero-order chi connectivity index (χ0) is 16.4. The van der Waals surface area contributed by atoms with E-state index in [4.69, 9.17) is 4.74 Å². The highest BCUT2D eigenvalue weighted by Gasteiger charge is 2.32. The molecular formula is C16H19FN4O2. The fourth-order valence-electron chi connectivity index (χ4n) is 3.02. The van der Waals surface area contributed by atoms with Gasteiger partial charge in [0.15, 0.2) is 17.4 Å². The van der Waals surface area contributed by atoms with Crippen molar-refractivity contribution in [3.05, 3.63) is 41.7 Å². The first kappa shape index (κ1) is 15.5. The number of nitrogens with zero attached hydrogens (tertiary/aromatic N) is 4. The van der Waals surface area contributed by atoms with Gasteiger partial charge in [0.05, 0.1) is 19.6 Å². The molecule has 0 radical (unpaired) electrons. The summed E-state index contributed by atoms with van der Waals surface area (Å²) in [7, 11) is 3.29. The van der Waals surface area contributed by atoms with Crippen molar-refractivity contribution >= 4 is 5.91 Å². The number of halogens is 1. The van der Waals surface area contributed by atoms with Crippen molar-refractivity contribution in [1.82, 2.24) is 19.7 Å². The molecule has 0 N–H and O–H groups in total. The molecule has 0 bridgehead atoms. The third kappa shape index (κ3) is 3.04. The van der Waals surface area contributed by atoms with Gasteiger partial charge in [-0.1, -0.05) is 6.07 Å². The molecule has 1 aromatic heterocycles. The molecule has 1 atom stereocenters. The molecule has 1 fully saturated rings. The molecule has 1 amide bonds. The lowest BCUT2D eigenvalue weighted by atomic mass is 10.1. The first-order valence-corrected chi connectivity index (χ1v) is 7.56. The maximum absolute atomic E-state index is 13.8. The molecule has 122 valence electrons. The van der Waals surface area contributed by atoms with Crippen LogP contribution in [0.4, 0.5) is 4.39 Å². The standard InChI is InChI=1S/C16H19FN4O2/c1-20-10-18-19-16(20)13-4-3-7-21(13)15(22)9-11-5-6-14(23-2)12(17)8-11/h5-6,8,10,13H,3-4,7,9H2,1-2H3. The minimum Gasteiger partial charge on any atom is -0.494 e. The predicted octanol–water partition coefficient (Wildman–Crippen LogP) is 1.87. The zero-order valence-corrected chi connectivity index (χ0v) is 13.2. The second kappa shape index (κ2) is 6.36. The average Bonchev–Trinajstić information content (AvgIpc) is 3.15. The third-order valence-electron chi connectivity index (χ3n) is 4.19. The number of likely N-dealkylation sites (tertiary alicyclic amines) is 1. The number of hydrogen-bond donors (Lipinski definition) is 0. The molecule has 7 heteroatoms. The van der Waals surface area contributed by atoms with Crippen LogP contribution in [0.3, 0.4) is 0 Å². The van der Waals surface area contributed by atoms with E-state index in [1.807, 2.05) is 16.5 Å². The smallest absolute Gasteiger partial charge is 0.227 e. The van der Waals surface area contributed by atoms with Gasteiger partial charge >= 0.3 is 0 Å². The van der Waals surface area contributed by atoms with Crippen molar-refractivity contribution in [2.45, 2.75) is 25.3 Å². The molecule has 2 aromatic rings. The third-order valence-corrected chi connectivity index (χ3v) is 4.19. The molecule has 1 aliphatic heterocycles. The SMILES string of the molecule is COc1ccc(CC(=O)N2CCCC2c2nncn2C)cc1F. The fraction of sp³-hybridized carbons (Fsp3) is 0.438. The van der Waals surface area contributed by atoms with Crippen LogP contribution >= 0.6 is 0 Å². The second-order valence-corrected chi connectivity index (χ2v) is 5.69. The highest BCUT2D eigenvalue weighted by atomic mass is 19.1. The molecule has 23 heavy (non-hydrogen) atoms. The first-order valence-electron chi connectivity index (χ1n) is 7.56. The number of carbonyl (C=O) groups is 1. The van der Waals surface area contributed by atoms with E-state index >= 15 is 0 Å². The molecule has 3 rings (SSSR count). The van der Waals surface area contributed by atoms with Crippen molar-refractivity contribution in [3.63, 3.8) is 0 Å². The van der Waals surface area contributed by atoms with E-state index in [-0.39, 0.29) is 24.1 Å². The molecule has 1 aromatic carbocycles. The van der Waals surface area contributed by atoms with E-state index in [9.17, 15) is 9.18 Å². The Balaban J connectivity index is 1.75. The van der Waals surface area contributed by atoms with E-state index in [1.165, 1.54) is 13.2 Å². The predicted molar refractivity (Wildman–Crippen MR) is 81.3 cm³/mol. The van der Waals surface area contributed by atoms with E-state index in [0.717, 1.165) is 18.7 Å². The van der Waals surface area contributed by atoms with Gasteiger partial charge < -0.3 is 14.2 Å². The number of carbonyl (C=O) groups excluding carboxylic acids is 1. The summed E-state index contributed by atoms with van der Waals surface area (Å²) in [5.41, 5.74) is 0.636. The lowest BCUT2D eigenvalue weighted by Gasteiger charge is -2.24. The lowest BCUT2D eigenvalue weighted by Crippen LogP contribution is -2.33. The molecule has 1 aliphatic rings. The van der Waals surface area contributed by atoms with Gasteiger partial charge in [-0.3, -0.25) is 4.79 Å². The molecular weight excluding hydrogens is 299 g/mol. The molecule has 0 aliphatic carbocycles. The molecule has 0 saturated carbocycles. The van der Waals surface area contributed by atoms with Crippen LogP contribution in [0, 0.1) is 5.82 Å². The Morgan fingerprint density at radius 3 is 2.96 bits per heavy atom. The van der Waals surface area contributed by atoms with Gasteiger partial charge in [0, 0.05) is 13.6 Å². The minimum absolute atomic E-state index is 0.0277. The summed E-state index contributed by atoms with van der Waals surface area (Å²) in [5.74, 6) is 0.486. The number of benzene rings is 1. The van der Waals surface area contributed by atoms with Gasteiger partial charge in [-0.15, -0.1) is 10.2 Å². The summed E-state index contributed by atoms with van der Waals surface area (Å²) in [6.07, 6.45) is 3.60. The van der Waals surface area contributed by atoms with Gasteiger partial charge in [-0.2, -0.15) is 0 Å². The maximum atomic E-state index is 13.8. The molecule has 1 unspecified atom stereocenters. The summed E-state index contributed by atoms with van der Waals surface area (Å²) in [6, 6.07) is 4.55. The van der Waals surface area contributed by atoms with Gasteiger partial charge in [0.25, 0.3) is 0 Å². The first-order chi connectivity index (χ1) is 11.1. The Morgan fingerprint density at radius 1 is 1.48 bits per heavy atom. The Kier molecular flexibility index (Phi) is 4.27. The van der Waals surface area contributed by atoms with Gasteiger partial charge in [0.1, 0.15) is 6.33 Å². The molecule has 2 heterocycles. The van der Waals surface area contributed by atoms with Crippen LogP contribution in [0.15, 0.2) is 24.5 Å². The number of rotatable bonds is 4. The summed E-state index contributed by atoms with van der Waals surface area (Å²) in [6.45, 7) is 0.689. The van der Waals surface area contributed by atoms with Crippen molar-refractivity contribution in [2.75, 3.05) is 13.7 Å². The van der Waals surface area contributed by atoms with Crippen molar-refractivity contribution in [1.29, 1.82) is 0 Å². The van der Waals surface area contributed by atoms with Crippen LogP contribution in [0.5, 0.6) is 5.75 Å². The van der Waals surface area contributed by atoms with Crippen LogP contribution in [0.25, 0.3) is 0 Å². The highest BCUT2D eigenvalue weighted by molar-refractivity contribution is 5.79. The molecule has 6 nitrogen and oxygen atoms in total. The summed E-state index contributed by atoms with van der Waals surface area (Å²) >= 11 is 0. The maximum Gasteiger partial charge on any atom is 0.227 e. The van der Waals surface area contributed by atoms with Crippen molar-refractivity contribution in [2.24, 2.45) is 7.05 Å². The highest BCUT2D eigenvalue weighted by Crippen LogP contribution is 2.31. The van der Waals surface area contributed by atoms with Crippen LogP contribution in [-0.2, 0) is 18.3 Å². The number of hydrogen-bond acceptors (Lipinski definition) is 4. The normalized spacial score (nSPS) is 17.5. The van der Waals surface area contributed by atoms with Crippen LogP contribution in [0.1, 0.15) is 30.3 Å². The summed E-state index contributed by atoms with van der Waals surface area (Å²) < 4.78 is 20.5. The van der Waals surface area contributed by atoms with Gasteiger partial charge in [-0.05, 0) is 30.5 Å². The average molecular weight is 318 g/mol. The van der Waals surface area contributed by atoms with Crippen LogP contribution in [0.2, 0.25) is 0 Å². The summed E-state index contributed by atoms with van der Waals surface area (Å²) in [4.78, 5) is 14.4. The van der Waals surface area contributed by atoms with Crippen LogP contribution in [-0.4, -0.2) is 39.2 Å². The fourth-order valence-corrected chi connectivity index (χ4v) is 3.02. The summed E-state index contributed by atoms with van der Waals surface area (Å²) in [5, 5.41) is 8.00. The van der Waals surface area contributed by atoms with Gasteiger partial charge in [0.2, 0.25) is 5.91 Å². The quantitative estimate of drug-likeness (QED) is 0.863. The monoisotopic (exact) mass is 318 g/mol. The van der Waals surface area contributed by atoms with Crippen LogP contribution < -0.4 is 4.74 Å². The molecule has 0 spiro atoms. The number of ether oxygens (including phenoxy) is 1. The zero-order valence-electron chi connectivity index (χ0n) is 13.2.